The van der Waals surface area contributed by atoms with Gasteiger partial charge in [-0.1, -0.05) is 17.1 Å². The van der Waals surface area contributed by atoms with Crippen molar-refractivity contribution in [2.24, 2.45) is 4.99 Å². The van der Waals surface area contributed by atoms with Crippen LogP contribution < -0.4 is 4.57 Å². The number of aliphatic imine (C=N–C) groups is 1. The second kappa shape index (κ2) is 7.58. The monoisotopic (exact) mass is 423 g/mol. The highest BCUT2D eigenvalue weighted by molar-refractivity contribution is 6.19. The Hall–Kier alpha value is -3.04. The first-order chi connectivity index (χ1) is 15.0. The zero-order valence-electron chi connectivity index (χ0n) is 18.1. The molecule has 2 fully saturated rings. The number of nitrogens with zero attached hydrogens (tertiary/aromatic N) is 6. The van der Waals surface area contributed by atoms with Crippen molar-refractivity contribution >= 4 is 23.7 Å². The molecule has 162 valence electrons. The molecular weight excluding hydrogens is 396 g/mol. The molecule has 2 aromatic rings. The Balaban J connectivity index is 1.47. The molecule has 3 amide bonds. The quantitative estimate of drug-likeness (QED) is 0.693. The van der Waals surface area contributed by atoms with Crippen molar-refractivity contribution in [3.8, 4) is 5.69 Å². The molecular formula is C22H27N6O3+. The molecule has 5 rings (SSSR count). The molecule has 1 atom stereocenters. The van der Waals surface area contributed by atoms with Crippen molar-refractivity contribution in [1.82, 2.24) is 19.3 Å². The van der Waals surface area contributed by atoms with Crippen LogP contribution in [-0.4, -0.2) is 83.5 Å². The SMILES string of the molecule is Cc1cccc(-n2c(C)c[n+]3c2N=C2C3C(=O)N(CCN3CCOCC3)C(=O)N2C)c1. The van der Waals surface area contributed by atoms with Crippen molar-refractivity contribution in [2.45, 2.75) is 19.9 Å². The summed E-state index contributed by atoms with van der Waals surface area (Å²) in [4.78, 5) is 36.2. The molecule has 3 aliphatic heterocycles. The molecule has 31 heavy (non-hydrogen) atoms. The molecule has 0 spiro atoms. The number of urea groups is 1. The Bertz CT molecular complexity index is 1080. The van der Waals surface area contributed by atoms with Crippen LogP contribution in [0.4, 0.5) is 10.7 Å². The zero-order chi connectivity index (χ0) is 21.7. The minimum Gasteiger partial charge on any atom is -0.379 e. The van der Waals surface area contributed by atoms with E-state index in [9.17, 15) is 9.59 Å². The van der Waals surface area contributed by atoms with Gasteiger partial charge in [0.2, 0.25) is 11.9 Å². The number of amidine groups is 1. The number of amides is 3. The number of fused-ring (bicyclic) bond motifs is 3. The summed E-state index contributed by atoms with van der Waals surface area (Å²) < 4.78 is 9.30. The van der Waals surface area contributed by atoms with Gasteiger partial charge in [0.1, 0.15) is 17.6 Å². The molecule has 1 aromatic carbocycles. The number of hydrogen-bond acceptors (Lipinski definition) is 5. The largest absolute Gasteiger partial charge is 0.406 e. The lowest BCUT2D eigenvalue weighted by Gasteiger charge is -2.35. The predicted octanol–water partition coefficient (Wildman–Crippen LogP) is 1.19. The van der Waals surface area contributed by atoms with Crippen molar-refractivity contribution in [3.63, 3.8) is 0 Å². The number of hydrogen-bond donors (Lipinski definition) is 0. The van der Waals surface area contributed by atoms with Gasteiger partial charge in [-0.05, 0) is 31.5 Å². The second-order valence-corrected chi connectivity index (χ2v) is 8.31. The van der Waals surface area contributed by atoms with Gasteiger partial charge in [0.05, 0.1) is 13.2 Å². The molecule has 2 saturated heterocycles. The lowest BCUT2D eigenvalue weighted by molar-refractivity contribution is -0.676. The lowest BCUT2D eigenvalue weighted by atomic mass is 10.1. The number of morpholine rings is 1. The van der Waals surface area contributed by atoms with E-state index < -0.39 is 6.04 Å². The third-order valence-corrected chi connectivity index (χ3v) is 6.21. The molecule has 9 heteroatoms. The van der Waals surface area contributed by atoms with Gasteiger partial charge in [-0.15, -0.1) is 0 Å². The Morgan fingerprint density at radius 2 is 1.94 bits per heavy atom. The van der Waals surface area contributed by atoms with Crippen LogP contribution in [0.15, 0.2) is 35.5 Å². The topological polar surface area (TPSA) is 74.3 Å². The maximum Gasteiger partial charge on any atom is 0.406 e. The van der Waals surface area contributed by atoms with E-state index in [0.29, 0.717) is 38.1 Å². The van der Waals surface area contributed by atoms with E-state index in [-0.39, 0.29) is 11.9 Å². The van der Waals surface area contributed by atoms with Gasteiger partial charge in [0.15, 0.2) is 0 Å². The Labute approximate surface area is 181 Å². The van der Waals surface area contributed by atoms with Gasteiger partial charge in [-0.3, -0.25) is 19.5 Å². The van der Waals surface area contributed by atoms with Crippen LogP contribution >= 0.6 is 0 Å². The first kappa shape index (κ1) is 19.9. The number of carbonyl (C=O) groups excluding carboxylic acids is 2. The van der Waals surface area contributed by atoms with Gasteiger partial charge >= 0.3 is 12.0 Å². The molecule has 3 aliphatic rings. The Kier molecular flexibility index (Phi) is 4.86. The van der Waals surface area contributed by atoms with Crippen LogP contribution in [0.5, 0.6) is 0 Å². The third-order valence-electron chi connectivity index (χ3n) is 6.21. The van der Waals surface area contributed by atoms with Gasteiger partial charge in [-0.25, -0.2) is 9.36 Å². The summed E-state index contributed by atoms with van der Waals surface area (Å²) >= 11 is 0. The van der Waals surface area contributed by atoms with E-state index in [1.807, 2.05) is 47.4 Å². The van der Waals surface area contributed by atoms with Crippen molar-refractivity contribution in [3.05, 3.63) is 41.7 Å². The van der Waals surface area contributed by atoms with Crippen LogP contribution in [0.3, 0.4) is 0 Å². The van der Waals surface area contributed by atoms with Crippen molar-refractivity contribution < 1.29 is 18.9 Å². The number of carbonyl (C=O) groups is 2. The second-order valence-electron chi connectivity index (χ2n) is 8.31. The lowest BCUT2D eigenvalue weighted by Crippen LogP contribution is -2.63. The number of aryl methyl sites for hydroxylation is 2. The number of rotatable bonds is 4. The summed E-state index contributed by atoms with van der Waals surface area (Å²) in [7, 11) is 1.69. The van der Waals surface area contributed by atoms with E-state index in [4.69, 9.17) is 9.73 Å². The maximum atomic E-state index is 13.4. The highest BCUT2D eigenvalue weighted by Crippen LogP contribution is 2.31. The predicted molar refractivity (Wildman–Crippen MR) is 114 cm³/mol. The summed E-state index contributed by atoms with van der Waals surface area (Å²) in [6.07, 6.45) is 1.94. The molecule has 0 saturated carbocycles. The first-order valence-electron chi connectivity index (χ1n) is 10.6. The first-order valence-corrected chi connectivity index (χ1v) is 10.6. The average molecular weight is 423 g/mol. The summed E-state index contributed by atoms with van der Waals surface area (Å²) in [5.41, 5.74) is 3.11. The fourth-order valence-electron chi connectivity index (χ4n) is 4.54. The number of imidazole rings is 1. The normalized spacial score (nSPS) is 21.4. The number of imide groups is 1. The van der Waals surface area contributed by atoms with Crippen LogP contribution in [-0.2, 0) is 9.53 Å². The smallest absolute Gasteiger partial charge is 0.379 e. The highest BCUT2D eigenvalue weighted by Gasteiger charge is 2.53. The molecule has 1 aromatic heterocycles. The third kappa shape index (κ3) is 3.24. The Morgan fingerprint density at radius 1 is 1.16 bits per heavy atom. The minimum atomic E-state index is -0.618. The van der Waals surface area contributed by atoms with Crippen LogP contribution in [0.2, 0.25) is 0 Å². The van der Waals surface area contributed by atoms with Gasteiger partial charge in [-0.2, -0.15) is 4.57 Å². The van der Waals surface area contributed by atoms with Crippen LogP contribution in [0.1, 0.15) is 17.3 Å². The van der Waals surface area contributed by atoms with E-state index in [2.05, 4.69) is 11.0 Å². The molecule has 0 radical (unpaired) electrons. The van der Waals surface area contributed by atoms with E-state index >= 15 is 0 Å². The van der Waals surface area contributed by atoms with E-state index in [0.717, 1.165) is 30.0 Å². The van der Waals surface area contributed by atoms with Gasteiger partial charge in [0, 0.05) is 33.2 Å². The van der Waals surface area contributed by atoms with E-state index in [1.54, 1.807) is 7.05 Å². The fourth-order valence-corrected chi connectivity index (χ4v) is 4.54. The van der Waals surface area contributed by atoms with Gasteiger partial charge in [0.25, 0.3) is 5.91 Å². The summed E-state index contributed by atoms with van der Waals surface area (Å²) in [5.74, 6) is 0.917. The summed E-state index contributed by atoms with van der Waals surface area (Å²) in [6, 6.07) is 7.22. The standard InChI is InChI=1S/C22H27N6O3/c1-15-5-4-6-17(13-15)28-16(2)14-27-18-19(23-21(27)28)24(3)22(30)26(20(18)29)8-7-25-9-11-31-12-10-25/h4-6,13-14,18H,7-12H2,1-3H3/q+1. The van der Waals surface area contributed by atoms with Crippen LogP contribution in [0.25, 0.3) is 5.69 Å². The van der Waals surface area contributed by atoms with Crippen molar-refractivity contribution in [2.75, 3.05) is 46.4 Å². The maximum absolute atomic E-state index is 13.4. The number of benzene rings is 1. The number of ether oxygens (including phenoxy) is 1. The molecule has 4 heterocycles. The van der Waals surface area contributed by atoms with Crippen molar-refractivity contribution in [1.29, 1.82) is 0 Å². The molecule has 0 N–H and O–H groups in total. The molecule has 1 unspecified atom stereocenters. The fraction of sp³-hybridized carbons (Fsp3) is 0.455. The zero-order valence-corrected chi connectivity index (χ0v) is 18.1. The highest BCUT2D eigenvalue weighted by atomic mass is 16.5. The molecule has 0 bridgehead atoms. The average Bonchev–Trinajstić information content (AvgIpc) is 3.27. The Morgan fingerprint density at radius 3 is 2.68 bits per heavy atom. The van der Waals surface area contributed by atoms with Gasteiger partial charge < -0.3 is 4.74 Å². The molecule has 9 nitrogen and oxygen atoms in total. The van der Waals surface area contributed by atoms with Crippen LogP contribution in [0, 0.1) is 13.8 Å². The summed E-state index contributed by atoms with van der Waals surface area (Å²) in [5, 5.41) is 0. The number of likely N-dealkylation sites (N-methyl/N-ethyl adjacent to an activating group) is 1. The summed E-state index contributed by atoms with van der Waals surface area (Å²) in [6.45, 7) is 8.07. The molecule has 0 aliphatic carbocycles. The minimum absolute atomic E-state index is 0.222. The van der Waals surface area contributed by atoms with E-state index in [1.165, 1.54) is 9.80 Å². The number of aromatic nitrogens is 2.